The molecule has 1 aromatic carbocycles. The molecule has 0 bridgehead atoms. The van der Waals surface area contributed by atoms with Crippen molar-refractivity contribution in [1.82, 2.24) is 19.5 Å². The number of rotatable bonds is 9. The van der Waals surface area contributed by atoms with E-state index in [4.69, 9.17) is 0 Å². The molecule has 1 aromatic rings. The zero-order chi connectivity index (χ0) is 20.0. The third kappa shape index (κ3) is 5.76. The Hall–Kier alpha value is -0.990. The van der Waals surface area contributed by atoms with Crippen LogP contribution < -0.4 is 10.9 Å². The van der Waals surface area contributed by atoms with E-state index < -0.39 is 10.2 Å². The molecule has 2 fully saturated rings. The van der Waals surface area contributed by atoms with Gasteiger partial charge in [0.15, 0.2) is 0 Å². The summed E-state index contributed by atoms with van der Waals surface area (Å²) in [7, 11) is -1.57. The van der Waals surface area contributed by atoms with Crippen LogP contribution in [0, 0.1) is 5.92 Å². The maximum absolute atomic E-state index is 12.7. The normalized spacial score (nSPS) is 26.8. The summed E-state index contributed by atoms with van der Waals surface area (Å²) in [4.78, 5) is 0. The summed E-state index contributed by atoms with van der Waals surface area (Å²) in [5.74, 6) is 0.462. The summed E-state index contributed by atoms with van der Waals surface area (Å²) in [5, 5.41) is 0. The van der Waals surface area contributed by atoms with Gasteiger partial charge in [-0.1, -0.05) is 50.1 Å². The Bertz CT molecular complexity index is 698. The zero-order valence-electron chi connectivity index (χ0n) is 17.3. The van der Waals surface area contributed by atoms with Crippen LogP contribution in [0.25, 0.3) is 0 Å². The molecule has 0 aromatic heterocycles. The molecule has 2 heterocycles. The highest BCUT2D eigenvalue weighted by Crippen LogP contribution is 2.24. The van der Waals surface area contributed by atoms with E-state index in [0.29, 0.717) is 37.6 Å². The van der Waals surface area contributed by atoms with Crippen LogP contribution in [0.4, 0.5) is 0 Å². The van der Waals surface area contributed by atoms with Gasteiger partial charge >= 0.3 is 0 Å². The Morgan fingerprint density at radius 1 is 1.14 bits per heavy atom. The molecule has 3 rings (SSSR count). The van der Waals surface area contributed by atoms with Gasteiger partial charge in [-0.25, -0.2) is 0 Å². The van der Waals surface area contributed by atoms with Crippen LogP contribution in [0.3, 0.4) is 0 Å². The molecule has 3 unspecified atom stereocenters. The monoisotopic (exact) mass is 408 g/mol. The van der Waals surface area contributed by atoms with Crippen LogP contribution in [0.1, 0.15) is 63.5 Å². The first-order valence-corrected chi connectivity index (χ1v) is 12.1. The second-order valence-electron chi connectivity index (χ2n) is 8.47. The van der Waals surface area contributed by atoms with Crippen molar-refractivity contribution in [3.63, 3.8) is 0 Å². The fourth-order valence-electron chi connectivity index (χ4n) is 4.29. The summed E-state index contributed by atoms with van der Waals surface area (Å²) in [5.41, 5.74) is 8.14. The molecule has 2 saturated heterocycles. The van der Waals surface area contributed by atoms with E-state index in [1.807, 2.05) is 6.07 Å². The summed E-state index contributed by atoms with van der Waals surface area (Å²) in [6.45, 7) is 4.07. The van der Waals surface area contributed by atoms with Crippen LogP contribution in [-0.4, -0.2) is 49.8 Å². The molecular formula is C21H36N4O2S. The van der Waals surface area contributed by atoms with Crippen molar-refractivity contribution in [2.45, 2.75) is 64.0 Å². The Morgan fingerprint density at radius 2 is 1.93 bits per heavy atom. The molecule has 0 radical (unpaired) electrons. The number of nitrogens with one attached hydrogen (secondary N) is 2. The van der Waals surface area contributed by atoms with Gasteiger partial charge in [-0.15, -0.1) is 0 Å². The summed E-state index contributed by atoms with van der Waals surface area (Å²) in [6.07, 6.45) is 7.43. The highest BCUT2D eigenvalue weighted by molar-refractivity contribution is 7.86. The third-order valence-electron chi connectivity index (χ3n) is 6.05. The van der Waals surface area contributed by atoms with Crippen molar-refractivity contribution in [2.75, 3.05) is 26.7 Å². The molecule has 7 heteroatoms. The van der Waals surface area contributed by atoms with Crippen molar-refractivity contribution >= 4 is 10.2 Å². The molecule has 0 spiro atoms. The van der Waals surface area contributed by atoms with Gasteiger partial charge in [0.25, 0.3) is 10.2 Å². The lowest BCUT2D eigenvalue weighted by Gasteiger charge is -2.33. The number of hydrogen-bond acceptors (Lipinski definition) is 4. The number of hydrazine groups is 1. The van der Waals surface area contributed by atoms with Crippen LogP contribution >= 0.6 is 0 Å². The van der Waals surface area contributed by atoms with E-state index in [-0.39, 0.29) is 0 Å². The first-order valence-electron chi connectivity index (χ1n) is 10.7. The molecule has 0 amide bonds. The lowest BCUT2D eigenvalue weighted by atomic mass is 9.99. The van der Waals surface area contributed by atoms with E-state index in [1.54, 1.807) is 15.7 Å². The first kappa shape index (κ1) is 21.7. The number of benzene rings is 1. The Morgan fingerprint density at radius 3 is 2.68 bits per heavy atom. The van der Waals surface area contributed by atoms with Crippen molar-refractivity contribution in [2.24, 2.45) is 5.92 Å². The van der Waals surface area contributed by atoms with Crippen molar-refractivity contribution in [3.05, 3.63) is 35.9 Å². The molecule has 2 aliphatic rings. The van der Waals surface area contributed by atoms with Crippen molar-refractivity contribution < 1.29 is 8.42 Å². The lowest BCUT2D eigenvalue weighted by molar-refractivity contribution is 0.263. The molecule has 158 valence electrons. The highest BCUT2D eigenvalue weighted by Gasteiger charge is 2.30. The smallest absolute Gasteiger partial charge is 0.254 e. The van der Waals surface area contributed by atoms with Crippen LogP contribution in [-0.2, 0) is 10.2 Å². The minimum atomic E-state index is -3.29. The van der Waals surface area contributed by atoms with Crippen LogP contribution in [0.5, 0.6) is 0 Å². The second-order valence-corrected chi connectivity index (χ2v) is 10.5. The zero-order valence-corrected chi connectivity index (χ0v) is 18.1. The van der Waals surface area contributed by atoms with Gasteiger partial charge < -0.3 is 0 Å². The second kappa shape index (κ2) is 10.2. The number of unbranched alkanes of at least 4 members (excludes halogenated alkanes) is 2. The molecule has 2 aliphatic heterocycles. The van der Waals surface area contributed by atoms with E-state index in [2.05, 4.69) is 42.0 Å². The minimum absolute atomic E-state index is 0.384. The average molecular weight is 409 g/mol. The van der Waals surface area contributed by atoms with E-state index in [9.17, 15) is 8.42 Å². The van der Waals surface area contributed by atoms with Crippen molar-refractivity contribution in [3.8, 4) is 0 Å². The lowest BCUT2D eigenvalue weighted by Crippen LogP contribution is -2.46. The summed E-state index contributed by atoms with van der Waals surface area (Å²) >= 11 is 0. The Labute approximate surface area is 170 Å². The molecule has 6 nitrogen and oxygen atoms in total. The Balaban J connectivity index is 1.32. The molecule has 0 aliphatic carbocycles. The number of hydrogen-bond donors (Lipinski definition) is 2. The van der Waals surface area contributed by atoms with Crippen LogP contribution in [0.15, 0.2) is 30.3 Å². The highest BCUT2D eigenvalue weighted by atomic mass is 32.2. The van der Waals surface area contributed by atoms with E-state index in [0.717, 1.165) is 44.9 Å². The topological polar surface area (TPSA) is 64.7 Å². The standard InChI is InChI=1S/C21H36N4O2S/c1-18-10-9-15-25(17-18)28(26,27)24(2)14-8-4-7-13-20-16-21(23-22-20)19-11-5-3-6-12-19/h3,5-6,11-12,18,20-23H,4,7-10,13-17H2,1-2H3. The molecule has 3 atom stereocenters. The third-order valence-corrected chi connectivity index (χ3v) is 8.00. The van der Waals surface area contributed by atoms with Crippen LogP contribution in [0.2, 0.25) is 0 Å². The number of piperidine rings is 1. The van der Waals surface area contributed by atoms with Gasteiger partial charge in [0.2, 0.25) is 0 Å². The predicted molar refractivity (Wildman–Crippen MR) is 114 cm³/mol. The molecular weight excluding hydrogens is 372 g/mol. The minimum Gasteiger partial charge on any atom is -0.254 e. The summed E-state index contributed by atoms with van der Waals surface area (Å²) < 4.78 is 28.6. The fraction of sp³-hybridized carbons (Fsp3) is 0.714. The maximum Gasteiger partial charge on any atom is 0.281 e. The number of nitrogens with zero attached hydrogens (tertiary/aromatic N) is 2. The molecule has 2 N–H and O–H groups in total. The van der Waals surface area contributed by atoms with Gasteiger partial charge in [0, 0.05) is 38.8 Å². The Kier molecular flexibility index (Phi) is 7.88. The van der Waals surface area contributed by atoms with E-state index >= 15 is 0 Å². The maximum atomic E-state index is 12.7. The largest absolute Gasteiger partial charge is 0.281 e. The van der Waals surface area contributed by atoms with Crippen molar-refractivity contribution in [1.29, 1.82) is 0 Å². The van der Waals surface area contributed by atoms with E-state index in [1.165, 1.54) is 5.56 Å². The predicted octanol–water partition coefficient (Wildman–Crippen LogP) is 3.06. The van der Waals surface area contributed by atoms with Gasteiger partial charge in [0.05, 0.1) is 0 Å². The quantitative estimate of drug-likeness (QED) is 0.617. The van der Waals surface area contributed by atoms with Gasteiger partial charge in [-0.2, -0.15) is 17.0 Å². The average Bonchev–Trinajstić information content (AvgIpc) is 3.17. The van der Waals surface area contributed by atoms with Gasteiger partial charge in [0.1, 0.15) is 0 Å². The van der Waals surface area contributed by atoms with Gasteiger partial charge in [-0.05, 0) is 43.6 Å². The summed E-state index contributed by atoms with van der Waals surface area (Å²) in [6, 6.07) is 11.4. The molecule has 0 saturated carbocycles. The fourth-order valence-corrected chi connectivity index (χ4v) is 5.84. The SMILES string of the molecule is CC1CCCN(S(=O)(=O)N(C)CCCCCC2CC(c3ccccc3)NN2)C1. The first-order chi connectivity index (χ1) is 13.5. The molecule has 28 heavy (non-hydrogen) atoms. The van der Waals surface area contributed by atoms with Gasteiger partial charge in [-0.3, -0.25) is 10.9 Å².